The number of rotatable bonds is 7. The summed E-state index contributed by atoms with van der Waals surface area (Å²) in [5.41, 5.74) is 0. The van der Waals surface area contributed by atoms with Gasteiger partial charge in [0.1, 0.15) is 5.01 Å². The Labute approximate surface area is 110 Å². The molecule has 1 aromatic rings. The van der Waals surface area contributed by atoms with Gasteiger partial charge in [-0.05, 0) is 31.6 Å². The van der Waals surface area contributed by atoms with Crippen molar-refractivity contribution < 1.29 is 0 Å². The minimum atomic E-state index is 0.624. The second-order valence-corrected chi connectivity index (χ2v) is 7.02. The van der Waals surface area contributed by atoms with Gasteiger partial charge < -0.3 is 5.32 Å². The number of hydrogen-bond donors (Lipinski definition) is 1. The zero-order valence-corrected chi connectivity index (χ0v) is 12.6. The van der Waals surface area contributed by atoms with E-state index >= 15 is 0 Å². The topological polar surface area (TPSA) is 24.9 Å². The van der Waals surface area contributed by atoms with E-state index in [4.69, 9.17) is 0 Å². The number of nitrogens with one attached hydrogen (secondary N) is 1. The molecule has 0 atom stereocenters. The molecule has 1 rings (SSSR count). The van der Waals surface area contributed by atoms with Gasteiger partial charge >= 0.3 is 0 Å². The van der Waals surface area contributed by atoms with E-state index in [1.165, 1.54) is 22.7 Å². The Balaban J connectivity index is 2.42. The molecular weight excluding hydrogens is 228 g/mol. The van der Waals surface area contributed by atoms with Gasteiger partial charge in [0, 0.05) is 23.7 Å². The minimum Gasteiger partial charge on any atom is -0.308 e. The van der Waals surface area contributed by atoms with Crippen molar-refractivity contribution in [2.75, 3.05) is 0 Å². The molecule has 0 aliphatic heterocycles. The normalized spacial score (nSPS) is 12.0. The highest BCUT2D eigenvalue weighted by Gasteiger charge is 2.12. The molecule has 1 N–H and O–H groups in total. The van der Waals surface area contributed by atoms with Gasteiger partial charge in [0.25, 0.3) is 0 Å². The van der Waals surface area contributed by atoms with Crippen molar-refractivity contribution in [2.45, 2.75) is 60.0 Å². The molecule has 0 aliphatic carbocycles. The quantitative estimate of drug-likeness (QED) is 0.795. The van der Waals surface area contributed by atoms with Crippen LogP contribution in [0.1, 0.15) is 50.4 Å². The number of thiazole rings is 1. The second-order valence-electron chi connectivity index (χ2n) is 5.70. The van der Waals surface area contributed by atoms with Crippen LogP contribution in [0.3, 0.4) is 0 Å². The van der Waals surface area contributed by atoms with Gasteiger partial charge in [-0.1, -0.05) is 27.7 Å². The van der Waals surface area contributed by atoms with E-state index in [0.29, 0.717) is 6.04 Å². The first kappa shape index (κ1) is 14.7. The lowest BCUT2D eigenvalue weighted by Gasteiger charge is -2.22. The number of hydrogen-bond acceptors (Lipinski definition) is 3. The Kier molecular flexibility index (Phi) is 6.14. The van der Waals surface area contributed by atoms with E-state index in [-0.39, 0.29) is 0 Å². The molecule has 3 heteroatoms. The van der Waals surface area contributed by atoms with Gasteiger partial charge in [-0.3, -0.25) is 0 Å². The second kappa shape index (κ2) is 7.12. The van der Waals surface area contributed by atoms with E-state index in [1.54, 1.807) is 11.3 Å². The van der Waals surface area contributed by atoms with Crippen LogP contribution in [0.15, 0.2) is 6.20 Å². The number of aryl methyl sites for hydroxylation is 1. The van der Waals surface area contributed by atoms with Crippen LogP contribution in [0.25, 0.3) is 0 Å². The molecule has 0 fully saturated rings. The summed E-state index contributed by atoms with van der Waals surface area (Å²) in [5, 5.41) is 4.87. The molecule has 1 aromatic heterocycles. The summed E-state index contributed by atoms with van der Waals surface area (Å²) in [6, 6.07) is 0.624. The average molecular weight is 254 g/mol. The summed E-state index contributed by atoms with van der Waals surface area (Å²) in [6.45, 7) is 12.2. The summed E-state index contributed by atoms with van der Waals surface area (Å²) >= 11 is 1.79. The van der Waals surface area contributed by atoms with Gasteiger partial charge in [0.2, 0.25) is 0 Å². The smallest absolute Gasteiger partial charge is 0.107 e. The average Bonchev–Trinajstić information content (AvgIpc) is 2.59. The third kappa shape index (κ3) is 6.18. The molecule has 1 heterocycles. The molecule has 98 valence electrons. The summed E-state index contributed by atoms with van der Waals surface area (Å²) in [5.74, 6) is 1.51. The molecule has 0 amide bonds. The SMILES string of the molecule is Cc1cnc(CNC(CC(C)C)CC(C)C)s1. The first-order valence-corrected chi connectivity index (χ1v) is 7.43. The van der Waals surface area contributed by atoms with Crippen molar-refractivity contribution in [3.8, 4) is 0 Å². The lowest BCUT2D eigenvalue weighted by molar-refractivity contribution is 0.358. The van der Waals surface area contributed by atoms with Crippen molar-refractivity contribution in [3.63, 3.8) is 0 Å². The Hall–Kier alpha value is -0.410. The van der Waals surface area contributed by atoms with Gasteiger partial charge in [-0.2, -0.15) is 0 Å². The molecular formula is C14H26N2S. The highest BCUT2D eigenvalue weighted by Crippen LogP contribution is 2.15. The molecule has 0 aliphatic rings. The lowest BCUT2D eigenvalue weighted by Crippen LogP contribution is -2.31. The zero-order chi connectivity index (χ0) is 12.8. The Bertz CT molecular complexity index is 308. The van der Waals surface area contributed by atoms with Gasteiger partial charge in [-0.25, -0.2) is 4.98 Å². The molecule has 0 spiro atoms. The van der Waals surface area contributed by atoms with Crippen LogP contribution >= 0.6 is 11.3 Å². The first-order valence-electron chi connectivity index (χ1n) is 6.62. The Morgan fingerprint density at radius 1 is 1.18 bits per heavy atom. The molecule has 0 saturated heterocycles. The van der Waals surface area contributed by atoms with Crippen LogP contribution < -0.4 is 5.32 Å². The van der Waals surface area contributed by atoms with Crippen LogP contribution in [-0.2, 0) is 6.54 Å². The fraction of sp³-hybridized carbons (Fsp3) is 0.786. The van der Waals surface area contributed by atoms with Crippen LogP contribution in [0.2, 0.25) is 0 Å². The van der Waals surface area contributed by atoms with Crippen molar-refractivity contribution in [3.05, 3.63) is 16.1 Å². The van der Waals surface area contributed by atoms with Crippen LogP contribution in [0.5, 0.6) is 0 Å². The van der Waals surface area contributed by atoms with Gasteiger partial charge in [0.15, 0.2) is 0 Å². The maximum Gasteiger partial charge on any atom is 0.107 e. The Morgan fingerprint density at radius 3 is 2.18 bits per heavy atom. The van der Waals surface area contributed by atoms with Gasteiger partial charge in [-0.15, -0.1) is 11.3 Å². The summed E-state index contributed by atoms with van der Waals surface area (Å²) in [6.07, 6.45) is 4.46. The fourth-order valence-electron chi connectivity index (χ4n) is 2.12. The summed E-state index contributed by atoms with van der Waals surface area (Å²) in [4.78, 5) is 5.70. The van der Waals surface area contributed by atoms with Crippen molar-refractivity contribution in [1.82, 2.24) is 10.3 Å². The molecule has 0 aromatic carbocycles. The first-order chi connectivity index (χ1) is 7.97. The molecule has 0 radical (unpaired) electrons. The monoisotopic (exact) mass is 254 g/mol. The summed E-state index contributed by atoms with van der Waals surface area (Å²) < 4.78 is 0. The predicted octanol–water partition coefficient (Wildman–Crippen LogP) is 4.00. The minimum absolute atomic E-state index is 0.624. The molecule has 2 nitrogen and oxygen atoms in total. The molecule has 0 bridgehead atoms. The largest absolute Gasteiger partial charge is 0.308 e. The lowest BCUT2D eigenvalue weighted by atomic mass is 9.96. The number of aromatic nitrogens is 1. The summed E-state index contributed by atoms with van der Waals surface area (Å²) in [7, 11) is 0. The van der Waals surface area contributed by atoms with E-state index in [0.717, 1.165) is 18.4 Å². The maximum absolute atomic E-state index is 4.40. The van der Waals surface area contributed by atoms with Gasteiger partial charge in [0.05, 0.1) is 0 Å². The van der Waals surface area contributed by atoms with Crippen molar-refractivity contribution in [1.29, 1.82) is 0 Å². The van der Waals surface area contributed by atoms with Crippen LogP contribution in [-0.4, -0.2) is 11.0 Å². The van der Waals surface area contributed by atoms with E-state index in [1.807, 2.05) is 6.20 Å². The van der Waals surface area contributed by atoms with Crippen LogP contribution in [0, 0.1) is 18.8 Å². The highest BCUT2D eigenvalue weighted by molar-refractivity contribution is 7.11. The third-order valence-corrected chi connectivity index (χ3v) is 3.64. The standard InChI is InChI=1S/C14H26N2S/c1-10(2)6-13(7-11(3)4)15-9-14-16-8-12(5)17-14/h8,10-11,13,15H,6-7,9H2,1-5H3. The fourth-order valence-corrected chi connectivity index (χ4v) is 2.85. The third-order valence-electron chi connectivity index (χ3n) is 2.72. The highest BCUT2D eigenvalue weighted by atomic mass is 32.1. The number of nitrogens with zero attached hydrogens (tertiary/aromatic N) is 1. The van der Waals surface area contributed by atoms with Crippen LogP contribution in [0.4, 0.5) is 0 Å². The van der Waals surface area contributed by atoms with E-state index in [9.17, 15) is 0 Å². The van der Waals surface area contributed by atoms with Crippen molar-refractivity contribution in [2.24, 2.45) is 11.8 Å². The van der Waals surface area contributed by atoms with E-state index < -0.39 is 0 Å². The predicted molar refractivity (Wildman–Crippen MR) is 76.4 cm³/mol. The van der Waals surface area contributed by atoms with E-state index in [2.05, 4.69) is 44.9 Å². The van der Waals surface area contributed by atoms with Crippen molar-refractivity contribution >= 4 is 11.3 Å². The zero-order valence-electron chi connectivity index (χ0n) is 11.8. The molecule has 0 saturated carbocycles. The Morgan fingerprint density at radius 2 is 1.76 bits per heavy atom. The molecule has 0 unspecified atom stereocenters. The maximum atomic E-state index is 4.40. The molecule has 17 heavy (non-hydrogen) atoms.